The molecule has 1 aromatic heterocycles. The highest BCUT2D eigenvalue weighted by Gasteiger charge is 2.04. The molecule has 0 saturated heterocycles. The Labute approximate surface area is 73.6 Å². The van der Waals surface area contributed by atoms with Crippen LogP contribution in [0, 0.1) is 0 Å². The van der Waals surface area contributed by atoms with Gasteiger partial charge in [0.2, 0.25) is 0 Å². The molecule has 0 saturated carbocycles. The number of aryl methyl sites for hydroxylation is 1. The molecule has 0 amide bonds. The van der Waals surface area contributed by atoms with Crippen molar-refractivity contribution in [3.63, 3.8) is 0 Å². The van der Waals surface area contributed by atoms with Crippen molar-refractivity contribution in [1.29, 1.82) is 0 Å². The van der Waals surface area contributed by atoms with E-state index in [-0.39, 0.29) is 6.04 Å². The Kier molecular flexibility index (Phi) is 3.29. The number of nitrogens with two attached hydrogens (primary N) is 1. The fraction of sp³-hybridized carbons (Fsp3) is 0.667. The molecule has 0 radical (unpaired) electrons. The highest BCUT2D eigenvalue weighted by Crippen LogP contribution is 2.11. The summed E-state index contributed by atoms with van der Waals surface area (Å²) in [6, 6.07) is 0.149. The fourth-order valence-electron chi connectivity index (χ4n) is 1.16. The van der Waals surface area contributed by atoms with Crippen molar-refractivity contribution in [1.82, 2.24) is 9.78 Å². The van der Waals surface area contributed by atoms with Gasteiger partial charge >= 0.3 is 0 Å². The van der Waals surface area contributed by atoms with E-state index >= 15 is 0 Å². The first kappa shape index (κ1) is 9.26. The van der Waals surface area contributed by atoms with Crippen LogP contribution in [0.25, 0.3) is 0 Å². The van der Waals surface area contributed by atoms with Crippen LogP contribution in [0.2, 0.25) is 0 Å². The highest BCUT2D eigenvalue weighted by atomic mass is 15.3. The lowest BCUT2D eigenvalue weighted by molar-refractivity contribution is 0.600. The molecule has 0 spiro atoms. The van der Waals surface area contributed by atoms with Crippen molar-refractivity contribution in [2.45, 2.75) is 39.3 Å². The number of rotatable bonds is 4. The first-order chi connectivity index (χ1) is 5.77. The summed E-state index contributed by atoms with van der Waals surface area (Å²) in [4.78, 5) is 0. The summed E-state index contributed by atoms with van der Waals surface area (Å²) in [5, 5.41) is 4.21. The Morgan fingerprint density at radius 1 is 1.58 bits per heavy atom. The molecule has 0 aromatic carbocycles. The van der Waals surface area contributed by atoms with Crippen LogP contribution in [-0.2, 0) is 6.54 Å². The molecule has 0 aliphatic rings. The van der Waals surface area contributed by atoms with E-state index in [2.05, 4.69) is 18.9 Å². The minimum absolute atomic E-state index is 0.149. The summed E-state index contributed by atoms with van der Waals surface area (Å²) in [6.07, 6.45) is 5.99. The van der Waals surface area contributed by atoms with Crippen molar-refractivity contribution < 1.29 is 0 Å². The zero-order valence-corrected chi connectivity index (χ0v) is 7.83. The Balaban J connectivity index is 2.63. The van der Waals surface area contributed by atoms with E-state index in [9.17, 15) is 0 Å². The van der Waals surface area contributed by atoms with Crippen LogP contribution < -0.4 is 5.73 Å². The van der Waals surface area contributed by atoms with Crippen molar-refractivity contribution in [2.24, 2.45) is 5.73 Å². The molecule has 3 nitrogen and oxygen atoms in total. The van der Waals surface area contributed by atoms with Gasteiger partial charge in [0.05, 0.1) is 6.20 Å². The van der Waals surface area contributed by atoms with E-state index in [0.29, 0.717) is 0 Å². The molecule has 3 heteroatoms. The third kappa shape index (κ3) is 2.08. The Bertz CT molecular complexity index is 229. The van der Waals surface area contributed by atoms with Gasteiger partial charge in [-0.2, -0.15) is 5.10 Å². The normalized spacial score (nSPS) is 13.2. The third-order valence-electron chi connectivity index (χ3n) is 1.97. The largest absolute Gasteiger partial charge is 0.324 e. The van der Waals surface area contributed by atoms with Gasteiger partial charge in [-0.15, -0.1) is 0 Å². The second-order valence-electron chi connectivity index (χ2n) is 3.05. The monoisotopic (exact) mass is 167 g/mol. The summed E-state index contributed by atoms with van der Waals surface area (Å²) < 4.78 is 1.95. The molecule has 12 heavy (non-hydrogen) atoms. The van der Waals surface area contributed by atoms with Crippen molar-refractivity contribution in [3.8, 4) is 0 Å². The van der Waals surface area contributed by atoms with Gasteiger partial charge in [-0.25, -0.2) is 0 Å². The van der Waals surface area contributed by atoms with Crippen molar-refractivity contribution in [3.05, 3.63) is 18.0 Å². The lowest BCUT2D eigenvalue weighted by atomic mass is 10.1. The van der Waals surface area contributed by atoms with E-state index in [1.807, 2.05) is 17.1 Å². The summed E-state index contributed by atoms with van der Waals surface area (Å²) >= 11 is 0. The topological polar surface area (TPSA) is 43.8 Å². The van der Waals surface area contributed by atoms with Crippen LogP contribution in [0.1, 0.15) is 38.3 Å². The van der Waals surface area contributed by atoms with Gasteiger partial charge in [0.15, 0.2) is 0 Å². The lowest BCUT2D eigenvalue weighted by Crippen LogP contribution is -2.07. The van der Waals surface area contributed by atoms with Gasteiger partial charge in [0.1, 0.15) is 0 Å². The summed E-state index contributed by atoms with van der Waals surface area (Å²) in [5.74, 6) is 0. The molecule has 0 aliphatic carbocycles. The lowest BCUT2D eigenvalue weighted by Gasteiger charge is -2.03. The second-order valence-corrected chi connectivity index (χ2v) is 3.05. The van der Waals surface area contributed by atoms with E-state index in [1.165, 1.54) is 0 Å². The zero-order valence-electron chi connectivity index (χ0n) is 7.83. The van der Waals surface area contributed by atoms with E-state index in [0.717, 1.165) is 24.9 Å². The summed E-state index contributed by atoms with van der Waals surface area (Å²) in [7, 11) is 0. The zero-order chi connectivity index (χ0) is 8.97. The van der Waals surface area contributed by atoms with E-state index < -0.39 is 0 Å². The van der Waals surface area contributed by atoms with Crippen molar-refractivity contribution in [2.75, 3.05) is 0 Å². The van der Waals surface area contributed by atoms with Gasteiger partial charge in [-0.05, 0) is 12.8 Å². The molecular weight excluding hydrogens is 150 g/mol. The quantitative estimate of drug-likeness (QED) is 0.741. The maximum atomic E-state index is 5.85. The SMILES string of the molecule is CCCn1cc(C(N)CC)cn1. The molecule has 68 valence electrons. The number of hydrogen-bond donors (Lipinski definition) is 1. The number of hydrogen-bond acceptors (Lipinski definition) is 2. The molecule has 0 aliphatic heterocycles. The maximum Gasteiger partial charge on any atom is 0.0537 e. The van der Waals surface area contributed by atoms with E-state index in [1.54, 1.807) is 0 Å². The molecule has 0 bridgehead atoms. The van der Waals surface area contributed by atoms with Crippen LogP contribution in [0.5, 0.6) is 0 Å². The van der Waals surface area contributed by atoms with Crippen LogP contribution in [-0.4, -0.2) is 9.78 Å². The first-order valence-corrected chi connectivity index (χ1v) is 4.55. The average molecular weight is 167 g/mol. The van der Waals surface area contributed by atoms with Gasteiger partial charge in [0, 0.05) is 24.3 Å². The minimum Gasteiger partial charge on any atom is -0.324 e. The molecule has 1 aromatic rings. The van der Waals surface area contributed by atoms with Crippen LogP contribution in [0.15, 0.2) is 12.4 Å². The molecule has 1 unspecified atom stereocenters. The summed E-state index contributed by atoms with van der Waals surface area (Å²) in [5.41, 5.74) is 6.99. The molecule has 1 heterocycles. The number of aromatic nitrogens is 2. The van der Waals surface area contributed by atoms with Crippen LogP contribution in [0.3, 0.4) is 0 Å². The van der Waals surface area contributed by atoms with Gasteiger partial charge in [0.25, 0.3) is 0 Å². The first-order valence-electron chi connectivity index (χ1n) is 4.55. The van der Waals surface area contributed by atoms with Gasteiger partial charge < -0.3 is 5.73 Å². The molecule has 1 rings (SSSR count). The molecule has 0 fully saturated rings. The smallest absolute Gasteiger partial charge is 0.0537 e. The van der Waals surface area contributed by atoms with Crippen LogP contribution in [0.4, 0.5) is 0 Å². The van der Waals surface area contributed by atoms with E-state index in [4.69, 9.17) is 5.73 Å². The predicted molar refractivity (Wildman–Crippen MR) is 49.7 cm³/mol. The Hall–Kier alpha value is -0.830. The van der Waals surface area contributed by atoms with Crippen LogP contribution >= 0.6 is 0 Å². The molecular formula is C9H17N3. The second kappa shape index (κ2) is 4.26. The third-order valence-corrected chi connectivity index (χ3v) is 1.97. The predicted octanol–water partition coefficient (Wildman–Crippen LogP) is 1.70. The average Bonchev–Trinajstić information content (AvgIpc) is 2.52. The molecule has 1 atom stereocenters. The van der Waals surface area contributed by atoms with Crippen molar-refractivity contribution >= 4 is 0 Å². The number of nitrogens with zero attached hydrogens (tertiary/aromatic N) is 2. The fourth-order valence-corrected chi connectivity index (χ4v) is 1.16. The molecule has 2 N–H and O–H groups in total. The highest BCUT2D eigenvalue weighted by molar-refractivity contribution is 5.08. The van der Waals surface area contributed by atoms with Gasteiger partial charge in [-0.1, -0.05) is 13.8 Å². The maximum absolute atomic E-state index is 5.85. The summed E-state index contributed by atoms with van der Waals surface area (Å²) in [6.45, 7) is 5.21. The Morgan fingerprint density at radius 2 is 2.33 bits per heavy atom. The minimum atomic E-state index is 0.149. The Morgan fingerprint density at radius 3 is 2.92 bits per heavy atom. The van der Waals surface area contributed by atoms with Gasteiger partial charge in [-0.3, -0.25) is 4.68 Å². The standard InChI is InChI=1S/C9H17N3/c1-3-5-12-7-8(6-11-12)9(10)4-2/h6-7,9H,3-5,10H2,1-2H3.